The molecule has 0 saturated heterocycles. The Balaban J connectivity index is 1.98. The molecule has 2 aromatic carbocycles. The minimum Gasteiger partial charge on any atom is -0.508 e. The zero-order valence-electron chi connectivity index (χ0n) is 13.4. The number of pyridine rings is 1. The first-order valence-corrected chi connectivity index (χ1v) is 7.55. The molecule has 5 nitrogen and oxygen atoms in total. The Morgan fingerprint density at radius 3 is 2.28 bits per heavy atom. The molecule has 1 aromatic heterocycles. The summed E-state index contributed by atoms with van der Waals surface area (Å²) in [5, 5.41) is 11.9. The van der Waals surface area contributed by atoms with Crippen LogP contribution in [0.25, 0.3) is 5.69 Å². The van der Waals surface area contributed by atoms with Gasteiger partial charge in [-0.25, -0.2) is 4.39 Å². The Hall–Kier alpha value is -3.41. The van der Waals surface area contributed by atoms with E-state index in [1.54, 1.807) is 13.0 Å². The number of amides is 1. The number of halogens is 1. The van der Waals surface area contributed by atoms with E-state index in [0.29, 0.717) is 17.1 Å². The van der Waals surface area contributed by atoms with Crippen LogP contribution in [0.4, 0.5) is 10.1 Å². The maximum Gasteiger partial charge on any atom is 0.268 e. The van der Waals surface area contributed by atoms with Crippen LogP contribution in [0.3, 0.4) is 0 Å². The quantitative estimate of drug-likeness (QED) is 0.720. The predicted molar refractivity (Wildman–Crippen MR) is 92.8 cm³/mol. The van der Waals surface area contributed by atoms with Crippen molar-refractivity contribution in [3.05, 3.63) is 88.1 Å². The van der Waals surface area contributed by atoms with Crippen molar-refractivity contribution < 1.29 is 14.3 Å². The lowest BCUT2D eigenvalue weighted by Gasteiger charge is -2.12. The Kier molecular flexibility index (Phi) is 4.35. The van der Waals surface area contributed by atoms with Gasteiger partial charge in [0.1, 0.15) is 17.1 Å². The molecule has 0 aliphatic heterocycles. The molecule has 0 spiro atoms. The number of aromatic hydroxyl groups is 1. The molecule has 0 aliphatic rings. The summed E-state index contributed by atoms with van der Waals surface area (Å²) in [6.45, 7) is 1.73. The Morgan fingerprint density at radius 1 is 1.00 bits per heavy atom. The minimum absolute atomic E-state index is 0.0389. The lowest BCUT2D eigenvalue weighted by Crippen LogP contribution is -2.29. The summed E-state index contributed by atoms with van der Waals surface area (Å²) in [5.74, 6) is -0.894. The van der Waals surface area contributed by atoms with Gasteiger partial charge in [0.05, 0.1) is 0 Å². The van der Waals surface area contributed by atoms with E-state index in [2.05, 4.69) is 5.32 Å². The van der Waals surface area contributed by atoms with E-state index in [1.165, 1.54) is 59.2 Å². The maximum atomic E-state index is 13.1. The van der Waals surface area contributed by atoms with Crippen molar-refractivity contribution in [3.8, 4) is 11.4 Å². The van der Waals surface area contributed by atoms with E-state index in [-0.39, 0.29) is 11.3 Å². The van der Waals surface area contributed by atoms with Gasteiger partial charge >= 0.3 is 0 Å². The average molecular weight is 338 g/mol. The van der Waals surface area contributed by atoms with Crippen molar-refractivity contribution in [3.63, 3.8) is 0 Å². The van der Waals surface area contributed by atoms with Crippen LogP contribution in [0.2, 0.25) is 0 Å². The number of aryl methyl sites for hydroxylation is 1. The van der Waals surface area contributed by atoms with Crippen LogP contribution in [0.5, 0.6) is 5.75 Å². The van der Waals surface area contributed by atoms with Gasteiger partial charge < -0.3 is 10.4 Å². The number of anilines is 1. The summed E-state index contributed by atoms with van der Waals surface area (Å²) < 4.78 is 14.5. The van der Waals surface area contributed by atoms with Crippen LogP contribution in [0.1, 0.15) is 16.1 Å². The highest BCUT2D eigenvalue weighted by molar-refractivity contribution is 6.04. The van der Waals surface area contributed by atoms with Gasteiger partial charge in [0.15, 0.2) is 0 Å². The largest absolute Gasteiger partial charge is 0.508 e. The standard InChI is InChI=1S/C19H15FN2O3/c1-12-2-11-17(18(24)21-14-5-9-16(23)10-6-14)19(25)22(12)15-7-3-13(20)4-8-15/h2-11,23H,1H3,(H,21,24). The molecule has 25 heavy (non-hydrogen) atoms. The van der Waals surface area contributed by atoms with E-state index in [4.69, 9.17) is 0 Å². The second-order valence-electron chi connectivity index (χ2n) is 5.51. The van der Waals surface area contributed by atoms with Crippen molar-refractivity contribution >= 4 is 11.6 Å². The van der Waals surface area contributed by atoms with Gasteiger partial charge in [0.25, 0.3) is 11.5 Å². The predicted octanol–water partition coefficient (Wildman–Crippen LogP) is 3.24. The minimum atomic E-state index is -0.563. The molecule has 0 unspecified atom stereocenters. The van der Waals surface area contributed by atoms with Gasteiger partial charge in [-0.1, -0.05) is 0 Å². The third-order valence-electron chi connectivity index (χ3n) is 3.73. The lowest BCUT2D eigenvalue weighted by molar-refractivity contribution is 0.102. The normalized spacial score (nSPS) is 10.5. The number of hydrogen-bond acceptors (Lipinski definition) is 3. The highest BCUT2D eigenvalue weighted by Gasteiger charge is 2.15. The van der Waals surface area contributed by atoms with Crippen molar-refractivity contribution in [2.75, 3.05) is 5.32 Å². The fourth-order valence-electron chi connectivity index (χ4n) is 2.46. The van der Waals surface area contributed by atoms with Gasteiger partial charge in [-0.2, -0.15) is 0 Å². The Morgan fingerprint density at radius 2 is 1.64 bits per heavy atom. The molecule has 1 heterocycles. The molecule has 0 atom stereocenters. The number of nitrogens with zero attached hydrogens (tertiary/aromatic N) is 1. The summed E-state index contributed by atoms with van der Waals surface area (Å²) in [6, 6.07) is 14.5. The highest BCUT2D eigenvalue weighted by atomic mass is 19.1. The van der Waals surface area contributed by atoms with E-state index in [1.807, 2.05) is 0 Å². The molecule has 126 valence electrons. The zero-order valence-corrected chi connectivity index (χ0v) is 13.4. The van der Waals surface area contributed by atoms with Crippen LogP contribution in [0.15, 0.2) is 65.5 Å². The first kappa shape index (κ1) is 16.4. The fraction of sp³-hybridized carbons (Fsp3) is 0.0526. The molecule has 3 aromatic rings. The first-order chi connectivity index (χ1) is 12.0. The third-order valence-corrected chi connectivity index (χ3v) is 3.73. The SMILES string of the molecule is Cc1ccc(C(=O)Nc2ccc(O)cc2)c(=O)n1-c1ccc(F)cc1. The van der Waals surface area contributed by atoms with Gasteiger partial charge in [-0.05, 0) is 67.6 Å². The van der Waals surface area contributed by atoms with Crippen molar-refractivity contribution in [2.24, 2.45) is 0 Å². The van der Waals surface area contributed by atoms with Gasteiger partial charge in [0.2, 0.25) is 0 Å². The summed E-state index contributed by atoms with van der Waals surface area (Å²) >= 11 is 0. The van der Waals surface area contributed by atoms with Crippen molar-refractivity contribution in [2.45, 2.75) is 6.92 Å². The summed E-state index contributed by atoms with van der Waals surface area (Å²) in [5.41, 5.74) is 1.02. The van der Waals surface area contributed by atoms with Crippen LogP contribution in [0, 0.1) is 12.7 Å². The molecule has 0 bridgehead atoms. The third kappa shape index (κ3) is 3.42. The number of rotatable bonds is 3. The molecular weight excluding hydrogens is 323 g/mol. The number of phenolic OH excluding ortho intramolecular Hbond substituents is 1. The molecule has 0 saturated carbocycles. The number of carbonyl (C=O) groups is 1. The molecule has 2 N–H and O–H groups in total. The number of hydrogen-bond donors (Lipinski definition) is 2. The van der Waals surface area contributed by atoms with Crippen molar-refractivity contribution in [1.82, 2.24) is 4.57 Å². The Bertz CT molecular complexity index is 977. The second kappa shape index (κ2) is 6.60. The number of benzene rings is 2. The zero-order chi connectivity index (χ0) is 18.0. The van der Waals surface area contributed by atoms with Crippen LogP contribution in [-0.4, -0.2) is 15.6 Å². The number of aromatic nitrogens is 1. The lowest BCUT2D eigenvalue weighted by atomic mass is 10.2. The Labute approximate surface area is 143 Å². The number of phenols is 1. The van der Waals surface area contributed by atoms with Crippen molar-refractivity contribution in [1.29, 1.82) is 0 Å². The molecule has 0 radical (unpaired) electrons. The van der Waals surface area contributed by atoms with E-state index >= 15 is 0 Å². The van der Waals surface area contributed by atoms with Crippen LogP contribution < -0.4 is 10.9 Å². The van der Waals surface area contributed by atoms with E-state index < -0.39 is 17.3 Å². The molecular formula is C19H15FN2O3. The van der Waals surface area contributed by atoms with E-state index in [0.717, 1.165) is 0 Å². The van der Waals surface area contributed by atoms with Crippen LogP contribution >= 0.6 is 0 Å². The molecule has 0 fully saturated rings. The molecule has 1 amide bonds. The smallest absolute Gasteiger partial charge is 0.268 e. The second-order valence-corrected chi connectivity index (χ2v) is 5.51. The van der Waals surface area contributed by atoms with E-state index in [9.17, 15) is 19.1 Å². The topological polar surface area (TPSA) is 71.3 Å². The first-order valence-electron chi connectivity index (χ1n) is 7.55. The summed E-state index contributed by atoms with van der Waals surface area (Å²) in [6.07, 6.45) is 0. The molecule has 6 heteroatoms. The van der Waals surface area contributed by atoms with Gasteiger partial charge in [0, 0.05) is 17.1 Å². The average Bonchev–Trinajstić information content (AvgIpc) is 2.58. The van der Waals surface area contributed by atoms with Gasteiger partial charge in [-0.15, -0.1) is 0 Å². The van der Waals surface area contributed by atoms with Crippen LogP contribution in [-0.2, 0) is 0 Å². The number of nitrogens with one attached hydrogen (secondary N) is 1. The summed E-state index contributed by atoms with van der Waals surface area (Å²) in [4.78, 5) is 25.2. The van der Waals surface area contributed by atoms with Gasteiger partial charge in [-0.3, -0.25) is 14.2 Å². The highest BCUT2D eigenvalue weighted by Crippen LogP contribution is 2.15. The number of carbonyl (C=O) groups excluding carboxylic acids is 1. The monoisotopic (exact) mass is 338 g/mol. The summed E-state index contributed by atoms with van der Waals surface area (Å²) in [7, 11) is 0. The maximum absolute atomic E-state index is 13.1. The molecule has 0 aliphatic carbocycles. The molecule has 3 rings (SSSR count). The fourth-order valence-corrected chi connectivity index (χ4v) is 2.46.